The maximum Gasteiger partial charge on any atom is 0.162 e. The van der Waals surface area contributed by atoms with Gasteiger partial charge in [-0.1, -0.05) is 12.1 Å². The topological polar surface area (TPSA) is 41.6 Å². The Hall–Kier alpha value is -1.78. The van der Waals surface area contributed by atoms with E-state index in [-0.39, 0.29) is 6.42 Å². The fraction of sp³-hybridized carbons (Fsp3) is 0.333. The van der Waals surface area contributed by atoms with Crippen molar-refractivity contribution in [3.05, 3.63) is 47.0 Å². The summed E-state index contributed by atoms with van der Waals surface area (Å²) in [4.78, 5) is 4.28. The molecular formula is C12H11F2N3. The second kappa shape index (κ2) is 3.91. The summed E-state index contributed by atoms with van der Waals surface area (Å²) < 4.78 is 26.4. The van der Waals surface area contributed by atoms with Gasteiger partial charge in [0.05, 0.1) is 0 Å². The molecule has 5 heteroatoms. The van der Waals surface area contributed by atoms with Crippen LogP contribution in [0.5, 0.6) is 0 Å². The average Bonchev–Trinajstić information content (AvgIpc) is 3.06. The Morgan fingerprint density at radius 2 is 2.12 bits per heavy atom. The number of halogens is 2. The number of hydrogen-bond donors (Lipinski definition) is 1. The summed E-state index contributed by atoms with van der Waals surface area (Å²) in [6.45, 7) is 0. The zero-order chi connectivity index (χ0) is 11.8. The maximum atomic E-state index is 13.4. The highest BCUT2D eigenvalue weighted by molar-refractivity contribution is 5.22. The van der Waals surface area contributed by atoms with Crippen molar-refractivity contribution in [1.82, 2.24) is 15.2 Å². The molecule has 0 atom stereocenters. The normalized spacial score (nSPS) is 15.2. The van der Waals surface area contributed by atoms with E-state index in [9.17, 15) is 8.78 Å². The molecule has 0 bridgehead atoms. The van der Waals surface area contributed by atoms with E-state index in [1.165, 1.54) is 6.07 Å². The van der Waals surface area contributed by atoms with Gasteiger partial charge in [0.15, 0.2) is 17.5 Å². The van der Waals surface area contributed by atoms with Crippen LogP contribution in [0, 0.1) is 11.6 Å². The highest BCUT2D eigenvalue weighted by atomic mass is 19.2. The van der Waals surface area contributed by atoms with E-state index in [0.717, 1.165) is 24.7 Å². The van der Waals surface area contributed by atoms with Crippen LogP contribution in [-0.4, -0.2) is 15.2 Å². The lowest BCUT2D eigenvalue weighted by molar-refractivity contribution is 0.500. The van der Waals surface area contributed by atoms with Gasteiger partial charge in [-0.15, -0.1) is 0 Å². The molecule has 0 radical (unpaired) electrons. The van der Waals surface area contributed by atoms with Gasteiger partial charge in [-0.3, -0.25) is 5.10 Å². The van der Waals surface area contributed by atoms with Gasteiger partial charge in [0.25, 0.3) is 0 Å². The molecule has 0 spiro atoms. The summed E-state index contributed by atoms with van der Waals surface area (Å²) in [6.07, 6.45) is 2.47. The Labute approximate surface area is 96.9 Å². The van der Waals surface area contributed by atoms with Gasteiger partial charge in [0, 0.05) is 12.3 Å². The van der Waals surface area contributed by atoms with Gasteiger partial charge in [-0.2, -0.15) is 5.10 Å². The number of benzene rings is 1. The van der Waals surface area contributed by atoms with Gasteiger partial charge in [0.2, 0.25) is 0 Å². The zero-order valence-corrected chi connectivity index (χ0v) is 9.08. The minimum absolute atomic E-state index is 0.239. The van der Waals surface area contributed by atoms with E-state index in [4.69, 9.17) is 0 Å². The largest absolute Gasteiger partial charge is 0.263 e. The van der Waals surface area contributed by atoms with Crippen LogP contribution in [0.2, 0.25) is 0 Å². The molecule has 3 rings (SSSR count). The molecule has 0 saturated heterocycles. The molecule has 88 valence electrons. The third-order valence-corrected chi connectivity index (χ3v) is 2.88. The lowest BCUT2D eigenvalue weighted by Crippen LogP contribution is -1.97. The first-order valence-corrected chi connectivity index (χ1v) is 5.58. The molecule has 0 unspecified atom stereocenters. The van der Waals surface area contributed by atoms with Crippen molar-refractivity contribution >= 4 is 0 Å². The summed E-state index contributed by atoms with van der Waals surface area (Å²) in [5.41, 5.74) is 0.295. The van der Waals surface area contributed by atoms with E-state index in [0.29, 0.717) is 17.3 Å². The Kier molecular flexibility index (Phi) is 2.39. The minimum Gasteiger partial charge on any atom is -0.263 e. The number of nitrogens with one attached hydrogen (secondary N) is 1. The highest BCUT2D eigenvalue weighted by Crippen LogP contribution is 2.37. The van der Waals surface area contributed by atoms with Gasteiger partial charge in [0.1, 0.15) is 5.82 Å². The van der Waals surface area contributed by atoms with Gasteiger partial charge in [-0.05, 0) is 24.5 Å². The summed E-state index contributed by atoms with van der Waals surface area (Å²) in [6, 6.07) is 4.15. The first kappa shape index (κ1) is 10.4. The number of nitrogens with zero attached hydrogens (tertiary/aromatic N) is 2. The van der Waals surface area contributed by atoms with Crippen molar-refractivity contribution in [3.63, 3.8) is 0 Å². The van der Waals surface area contributed by atoms with Crippen molar-refractivity contribution in [2.75, 3.05) is 0 Å². The molecule has 3 nitrogen and oxygen atoms in total. The predicted octanol–water partition coefficient (Wildman–Crippen LogP) is 2.55. The number of H-pyrrole nitrogens is 1. The average molecular weight is 235 g/mol. The van der Waals surface area contributed by atoms with Crippen LogP contribution in [-0.2, 0) is 6.42 Å². The van der Waals surface area contributed by atoms with Crippen LogP contribution in [0.4, 0.5) is 8.78 Å². The van der Waals surface area contributed by atoms with Crippen molar-refractivity contribution in [2.45, 2.75) is 25.2 Å². The van der Waals surface area contributed by atoms with Crippen LogP contribution in [0.3, 0.4) is 0 Å². The van der Waals surface area contributed by atoms with E-state index < -0.39 is 11.6 Å². The summed E-state index contributed by atoms with van der Waals surface area (Å²) >= 11 is 0. The summed E-state index contributed by atoms with van der Waals surface area (Å²) in [5, 5.41) is 6.85. The van der Waals surface area contributed by atoms with Gasteiger partial charge < -0.3 is 0 Å². The number of hydrogen-bond acceptors (Lipinski definition) is 2. The lowest BCUT2D eigenvalue weighted by atomic mass is 10.1. The van der Waals surface area contributed by atoms with E-state index in [1.807, 2.05) is 0 Å². The highest BCUT2D eigenvalue weighted by Gasteiger charge is 2.27. The van der Waals surface area contributed by atoms with Gasteiger partial charge in [-0.25, -0.2) is 13.8 Å². The Morgan fingerprint density at radius 1 is 1.29 bits per heavy atom. The van der Waals surface area contributed by atoms with Crippen molar-refractivity contribution in [2.24, 2.45) is 0 Å². The second-order valence-electron chi connectivity index (χ2n) is 4.30. The van der Waals surface area contributed by atoms with Crippen molar-refractivity contribution in [3.8, 4) is 0 Å². The van der Waals surface area contributed by atoms with E-state index in [2.05, 4.69) is 15.2 Å². The Morgan fingerprint density at radius 3 is 2.88 bits per heavy atom. The Bertz CT molecular complexity index is 546. The lowest BCUT2D eigenvalue weighted by Gasteiger charge is -2.00. The standard InChI is InChI=1S/C12H11F2N3/c13-9-3-1-2-8(11(9)14)6-10-15-12(17-16-10)7-4-5-7/h1-3,7H,4-6H2,(H,15,16,17). The fourth-order valence-electron chi connectivity index (χ4n) is 1.78. The first-order chi connectivity index (χ1) is 8.24. The smallest absolute Gasteiger partial charge is 0.162 e. The Balaban J connectivity index is 1.83. The second-order valence-corrected chi connectivity index (χ2v) is 4.30. The molecule has 1 aromatic carbocycles. The quantitative estimate of drug-likeness (QED) is 0.888. The monoisotopic (exact) mass is 235 g/mol. The van der Waals surface area contributed by atoms with Crippen LogP contribution < -0.4 is 0 Å². The molecule has 1 aromatic heterocycles. The molecule has 1 aliphatic rings. The summed E-state index contributed by atoms with van der Waals surface area (Å²) in [7, 11) is 0. The van der Waals surface area contributed by atoms with Gasteiger partial charge >= 0.3 is 0 Å². The predicted molar refractivity (Wildman–Crippen MR) is 57.5 cm³/mol. The molecule has 1 aliphatic carbocycles. The number of aromatic amines is 1. The molecule has 17 heavy (non-hydrogen) atoms. The van der Waals surface area contributed by atoms with E-state index in [1.54, 1.807) is 6.07 Å². The zero-order valence-electron chi connectivity index (χ0n) is 9.08. The molecule has 1 saturated carbocycles. The van der Waals surface area contributed by atoms with Crippen LogP contribution in [0.25, 0.3) is 0 Å². The van der Waals surface area contributed by atoms with E-state index >= 15 is 0 Å². The third kappa shape index (κ3) is 2.05. The number of rotatable bonds is 3. The summed E-state index contributed by atoms with van der Waals surface area (Å²) in [5.74, 6) is 0.187. The molecule has 0 amide bonds. The van der Waals surface area contributed by atoms with Crippen molar-refractivity contribution in [1.29, 1.82) is 0 Å². The first-order valence-electron chi connectivity index (χ1n) is 5.58. The van der Waals surface area contributed by atoms with Crippen LogP contribution >= 0.6 is 0 Å². The minimum atomic E-state index is -0.829. The van der Waals surface area contributed by atoms with Crippen molar-refractivity contribution < 1.29 is 8.78 Å². The molecule has 0 aliphatic heterocycles. The van der Waals surface area contributed by atoms with Crippen LogP contribution in [0.15, 0.2) is 18.2 Å². The third-order valence-electron chi connectivity index (χ3n) is 2.88. The molecule has 1 N–H and O–H groups in total. The SMILES string of the molecule is Fc1cccc(Cc2nc(C3CC3)n[nH]2)c1F. The molecule has 1 heterocycles. The maximum absolute atomic E-state index is 13.4. The molecule has 1 fully saturated rings. The molecule has 2 aromatic rings. The molecular weight excluding hydrogens is 224 g/mol. The fourth-order valence-corrected chi connectivity index (χ4v) is 1.78. The van der Waals surface area contributed by atoms with Crippen LogP contribution in [0.1, 0.15) is 36.0 Å². The number of aromatic nitrogens is 3.